The first-order valence-electron chi connectivity index (χ1n) is 6.70. The molecule has 0 aromatic heterocycles. The van der Waals surface area contributed by atoms with Crippen molar-refractivity contribution in [3.8, 4) is 0 Å². The van der Waals surface area contributed by atoms with Gasteiger partial charge in [-0.05, 0) is 43.9 Å². The number of piperazine rings is 1. The second-order valence-corrected chi connectivity index (χ2v) is 5.96. The third-order valence-corrected chi connectivity index (χ3v) is 4.96. The molecule has 2 saturated carbocycles. The number of hydrogen-bond acceptors (Lipinski definition) is 3. The summed E-state index contributed by atoms with van der Waals surface area (Å²) < 4.78 is 0. The molecule has 2 amide bonds. The van der Waals surface area contributed by atoms with E-state index >= 15 is 0 Å². The molecule has 1 heterocycles. The zero-order valence-corrected chi connectivity index (χ0v) is 10.3. The highest BCUT2D eigenvalue weighted by Gasteiger charge is 2.44. The highest BCUT2D eigenvalue weighted by molar-refractivity contribution is 5.99. The second-order valence-electron chi connectivity index (χ2n) is 5.96. The number of carbonyl (C=O) groups excluding carboxylic acids is 2. The van der Waals surface area contributed by atoms with Gasteiger partial charge in [0, 0.05) is 6.04 Å². The molecule has 17 heavy (non-hydrogen) atoms. The Morgan fingerprint density at radius 3 is 2.41 bits per heavy atom. The van der Waals surface area contributed by atoms with Gasteiger partial charge in [-0.2, -0.15) is 0 Å². The standard InChI is InChI=1S/C13H20N2O2/c1-8(11-5-9-2-3-10(11)4-9)15-6-12(16)14-13(17)7-15/h8-11H,2-7H2,1H3,(H,14,16,17). The van der Waals surface area contributed by atoms with Crippen molar-refractivity contribution in [2.24, 2.45) is 17.8 Å². The lowest BCUT2D eigenvalue weighted by molar-refractivity contribution is -0.137. The molecule has 4 unspecified atom stereocenters. The molecule has 94 valence electrons. The maximum Gasteiger partial charge on any atom is 0.240 e. The summed E-state index contributed by atoms with van der Waals surface area (Å²) in [5.74, 6) is 2.18. The van der Waals surface area contributed by atoms with E-state index in [2.05, 4.69) is 17.1 Å². The number of amides is 2. The molecule has 0 aromatic rings. The van der Waals surface area contributed by atoms with Crippen LogP contribution < -0.4 is 5.32 Å². The third kappa shape index (κ3) is 1.99. The number of nitrogens with one attached hydrogen (secondary N) is 1. The Kier molecular flexibility index (Phi) is 2.69. The Labute approximate surface area is 102 Å². The fraction of sp³-hybridized carbons (Fsp3) is 0.846. The molecule has 2 bridgehead atoms. The monoisotopic (exact) mass is 236 g/mol. The van der Waals surface area contributed by atoms with Crippen LogP contribution in [0.4, 0.5) is 0 Å². The molecule has 3 rings (SSSR count). The van der Waals surface area contributed by atoms with Crippen molar-refractivity contribution < 1.29 is 9.59 Å². The molecule has 0 aromatic carbocycles. The molecular formula is C13H20N2O2. The van der Waals surface area contributed by atoms with Crippen molar-refractivity contribution in [2.45, 2.75) is 38.6 Å². The lowest BCUT2D eigenvalue weighted by Gasteiger charge is -2.37. The fourth-order valence-corrected chi connectivity index (χ4v) is 4.10. The van der Waals surface area contributed by atoms with Gasteiger partial charge in [-0.3, -0.25) is 19.8 Å². The number of imide groups is 1. The van der Waals surface area contributed by atoms with E-state index in [1.54, 1.807) is 0 Å². The van der Waals surface area contributed by atoms with Gasteiger partial charge >= 0.3 is 0 Å². The summed E-state index contributed by atoms with van der Waals surface area (Å²) in [5.41, 5.74) is 0. The van der Waals surface area contributed by atoms with Gasteiger partial charge in [0.15, 0.2) is 0 Å². The lowest BCUT2D eigenvalue weighted by atomic mass is 9.83. The number of nitrogens with zero attached hydrogens (tertiary/aromatic N) is 1. The highest BCUT2D eigenvalue weighted by atomic mass is 16.2. The molecule has 4 atom stereocenters. The fourth-order valence-electron chi connectivity index (χ4n) is 4.10. The quantitative estimate of drug-likeness (QED) is 0.720. The van der Waals surface area contributed by atoms with Crippen molar-refractivity contribution in [3.63, 3.8) is 0 Å². The molecule has 1 saturated heterocycles. The molecule has 0 radical (unpaired) electrons. The minimum atomic E-state index is -0.142. The predicted molar refractivity (Wildman–Crippen MR) is 63.1 cm³/mol. The van der Waals surface area contributed by atoms with Crippen LogP contribution >= 0.6 is 0 Å². The summed E-state index contributed by atoms with van der Waals surface area (Å²) in [6.45, 7) is 2.97. The second kappa shape index (κ2) is 4.09. The van der Waals surface area contributed by atoms with Gasteiger partial charge in [-0.15, -0.1) is 0 Å². The van der Waals surface area contributed by atoms with E-state index < -0.39 is 0 Å². The van der Waals surface area contributed by atoms with Crippen molar-refractivity contribution in [3.05, 3.63) is 0 Å². The first kappa shape index (κ1) is 11.2. The summed E-state index contributed by atoms with van der Waals surface area (Å²) in [4.78, 5) is 24.8. The van der Waals surface area contributed by atoms with Gasteiger partial charge in [0.2, 0.25) is 11.8 Å². The zero-order valence-electron chi connectivity index (χ0n) is 10.3. The maximum absolute atomic E-state index is 11.4. The number of rotatable bonds is 2. The molecule has 1 N–H and O–H groups in total. The maximum atomic E-state index is 11.4. The van der Waals surface area contributed by atoms with E-state index in [0.717, 1.165) is 11.8 Å². The summed E-state index contributed by atoms with van der Waals surface area (Å²) in [5, 5.41) is 2.37. The number of carbonyl (C=O) groups is 2. The van der Waals surface area contributed by atoms with Gasteiger partial charge in [0.1, 0.15) is 0 Å². The Morgan fingerprint density at radius 2 is 1.88 bits per heavy atom. The molecule has 1 aliphatic heterocycles. The lowest BCUT2D eigenvalue weighted by Crippen LogP contribution is -2.55. The molecule has 2 aliphatic carbocycles. The van der Waals surface area contributed by atoms with Crippen LogP contribution in [-0.4, -0.2) is 35.8 Å². The van der Waals surface area contributed by atoms with E-state index in [4.69, 9.17) is 0 Å². The van der Waals surface area contributed by atoms with Crippen molar-refractivity contribution >= 4 is 11.8 Å². The average Bonchev–Trinajstić information content (AvgIpc) is 2.88. The van der Waals surface area contributed by atoms with Gasteiger partial charge in [-0.25, -0.2) is 0 Å². The normalized spacial score (nSPS) is 39.5. The van der Waals surface area contributed by atoms with Crippen molar-refractivity contribution in [2.75, 3.05) is 13.1 Å². The van der Waals surface area contributed by atoms with Crippen LogP contribution in [0.2, 0.25) is 0 Å². The summed E-state index contributed by atoms with van der Waals surface area (Å²) in [6.07, 6.45) is 5.43. The van der Waals surface area contributed by atoms with Gasteiger partial charge < -0.3 is 0 Å². The molecular weight excluding hydrogens is 216 g/mol. The molecule has 3 fully saturated rings. The van der Waals surface area contributed by atoms with Crippen LogP contribution in [0.25, 0.3) is 0 Å². The molecule has 4 heteroatoms. The van der Waals surface area contributed by atoms with Gasteiger partial charge in [0.25, 0.3) is 0 Å². The van der Waals surface area contributed by atoms with Crippen LogP contribution in [0.3, 0.4) is 0 Å². The van der Waals surface area contributed by atoms with Crippen LogP contribution in [0, 0.1) is 17.8 Å². The van der Waals surface area contributed by atoms with E-state index in [0.29, 0.717) is 25.0 Å². The first-order valence-corrected chi connectivity index (χ1v) is 6.70. The predicted octanol–water partition coefficient (Wildman–Crippen LogP) is 0.769. The minimum Gasteiger partial charge on any atom is -0.294 e. The van der Waals surface area contributed by atoms with E-state index in [1.807, 2.05) is 0 Å². The summed E-state index contributed by atoms with van der Waals surface area (Å²) in [6, 6.07) is 0.375. The SMILES string of the molecule is CC(C1CC2CCC1C2)N1CC(=O)NC(=O)C1. The van der Waals surface area contributed by atoms with E-state index in [-0.39, 0.29) is 11.8 Å². The van der Waals surface area contributed by atoms with Gasteiger partial charge in [-0.1, -0.05) is 6.42 Å². The van der Waals surface area contributed by atoms with E-state index in [1.165, 1.54) is 25.7 Å². The van der Waals surface area contributed by atoms with Crippen molar-refractivity contribution in [1.29, 1.82) is 0 Å². The first-order chi connectivity index (χ1) is 8.13. The Balaban J connectivity index is 1.67. The number of fused-ring (bicyclic) bond motifs is 2. The largest absolute Gasteiger partial charge is 0.294 e. The topological polar surface area (TPSA) is 49.4 Å². The summed E-state index contributed by atoms with van der Waals surface area (Å²) >= 11 is 0. The third-order valence-electron chi connectivity index (χ3n) is 4.96. The Morgan fingerprint density at radius 1 is 1.18 bits per heavy atom. The van der Waals surface area contributed by atoms with Gasteiger partial charge in [0.05, 0.1) is 13.1 Å². The Hall–Kier alpha value is -0.900. The van der Waals surface area contributed by atoms with E-state index in [9.17, 15) is 9.59 Å². The Bertz CT molecular complexity index is 339. The minimum absolute atomic E-state index is 0.142. The van der Waals surface area contributed by atoms with Crippen molar-refractivity contribution in [1.82, 2.24) is 10.2 Å². The zero-order chi connectivity index (χ0) is 12.0. The highest BCUT2D eigenvalue weighted by Crippen LogP contribution is 2.50. The van der Waals surface area contributed by atoms with Crippen LogP contribution in [0.1, 0.15) is 32.6 Å². The smallest absolute Gasteiger partial charge is 0.240 e. The molecule has 4 nitrogen and oxygen atoms in total. The number of hydrogen-bond donors (Lipinski definition) is 1. The van der Waals surface area contributed by atoms with Crippen LogP contribution in [0.15, 0.2) is 0 Å². The van der Waals surface area contributed by atoms with Crippen LogP contribution in [-0.2, 0) is 9.59 Å². The van der Waals surface area contributed by atoms with Crippen LogP contribution in [0.5, 0.6) is 0 Å². The average molecular weight is 236 g/mol. The summed E-state index contributed by atoms with van der Waals surface area (Å²) in [7, 11) is 0. The molecule has 0 spiro atoms. The molecule has 3 aliphatic rings.